The molecule has 1 aliphatic heterocycles. The zero-order chi connectivity index (χ0) is 13.5. The fraction of sp³-hybridized carbons (Fsp3) is 0.600. The van der Waals surface area contributed by atoms with Crippen LogP contribution in [0.5, 0.6) is 0 Å². The van der Waals surface area contributed by atoms with E-state index >= 15 is 0 Å². The maximum Gasteiger partial charge on any atom is 0.0746 e. The van der Waals surface area contributed by atoms with Gasteiger partial charge in [-0.3, -0.25) is 0 Å². The molecule has 1 heterocycles. The predicted octanol–water partition coefficient (Wildman–Crippen LogP) is 4.74. The average molecular weight is 299 g/mol. The Balaban J connectivity index is 1.78. The van der Waals surface area contributed by atoms with Crippen LogP contribution >= 0.6 is 23.2 Å². The van der Waals surface area contributed by atoms with E-state index in [0.29, 0.717) is 21.1 Å². The van der Waals surface area contributed by atoms with Gasteiger partial charge in [0.1, 0.15) is 0 Å². The number of anilines is 2. The lowest BCUT2D eigenvalue weighted by Gasteiger charge is -2.41. The van der Waals surface area contributed by atoms with E-state index < -0.39 is 0 Å². The number of rotatable bonds is 1. The third-order valence-corrected chi connectivity index (χ3v) is 5.42. The molecule has 19 heavy (non-hydrogen) atoms. The number of benzene rings is 1. The molecule has 0 unspecified atom stereocenters. The molecule has 1 aliphatic carbocycles. The van der Waals surface area contributed by atoms with Crippen molar-refractivity contribution in [2.45, 2.75) is 38.5 Å². The fourth-order valence-electron chi connectivity index (χ4n) is 3.72. The van der Waals surface area contributed by atoms with Crippen molar-refractivity contribution >= 4 is 34.6 Å². The Morgan fingerprint density at radius 1 is 0.947 bits per heavy atom. The monoisotopic (exact) mass is 298 g/mol. The summed E-state index contributed by atoms with van der Waals surface area (Å²) in [7, 11) is 0. The molecule has 2 fully saturated rings. The third kappa shape index (κ3) is 2.53. The zero-order valence-corrected chi connectivity index (χ0v) is 12.6. The number of nitrogens with two attached hydrogens (primary N) is 1. The molecule has 1 saturated carbocycles. The van der Waals surface area contributed by atoms with Crippen LogP contribution in [0.4, 0.5) is 11.4 Å². The molecule has 2 nitrogen and oxygen atoms in total. The lowest BCUT2D eigenvalue weighted by Crippen LogP contribution is -2.39. The van der Waals surface area contributed by atoms with Gasteiger partial charge in [-0.1, -0.05) is 36.0 Å². The summed E-state index contributed by atoms with van der Waals surface area (Å²) in [6.07, 6.45) is 8.16. The summed E-state index contributed by atoms with van der Waals surface area (Å²) in [6, 6.07) is 3.59. The lowest BCUT2D eigenvalue weighted by molar-refractivity contribution is 0.226. The van der Waals surface area contributed by atoms with E-state index in [1.54, 1.807) is 12.1 Å². The molecule has 3 rings (SSSR count). The van der Waals surface area contributed by atoms with Gasteiger partial charge in [0.25, 0.3) is 0 Å². The van der Waals surface area contributed by atoms with Crippen molar-refractivity contribution in [3.63, 3.8) is 0 Å². The number of hydrogen-bond donors (Lipinski definition) is 1. The average Bonchev–Trinajstić information content (AvgIpc) is 2.79. The van der Waals surface area contributed by atoms with Crippen molar-refractivity contribution in [2.24, 2.45) is 5.41 Å². The molecule has 1 aromatic rings. The Kier molecular flexibility index (Phi) is 3.57. The number of nitrogens with zero attached hydrogens (tertiary/aromatic N) is 1. The minimum Gasteiger partial charge on any atom is -0.399 e. The molecule has 4 heteroatoms. The van der Waals surface area contributed by atoms with Gasteiger partial charge in [0, 0.05) is 18.8 Å². The zero-order valence-electron chi connectivity index (χ0n) is 11.1. The van der Waals surface area contributed by atoms with E-state index in [-0.39, 0.29) is 0 Å². The smallest absolute Gasteiger partial charge is 0.0746 e. The molecule has 0 amide bonds. The summed E-state index contributed by atoms with van der Waals surface area (Å²) < 4.78 is 0. The second kappa shape index (κ2) is 5.06. The van der Waals surface area contributed by atoms with Gasteiger partial charge in [0.15, 0.2) is 0 Å². The van der Waals surface area contributed by atoms with Crippen LogP contribution in [0.25, 0.3) is 0 Å². The van der Waals surface area contributed by atoms with Crippen LogP contribution in [0.3, 0.4) is 0 Å². The molecule has 2 N–H and O–H groups in total. The van der Waals surface area contributed by atoms with E-state index in [0.717, 1.165) is 18.8 Å². The first kappa shape index (κ1) is 13.4. The third-order valence-electron chi connectivity index (χ3n) is 4.84. The van der Waals surface area contributed by atoms with Crippen LogP contribution in [0.2, 0.25) is 10.0 Å². The number of hydrogen-bond acceptors (Lipinski definition) is 2. The summed E-state index contributed by atoms with van der Waals surface area (Å²) in [6.45, 7) is 2.12. The van der Waals surface area contributed by atoms with Crippen LogP contribution in [-0.2, 0) is 0 Å². The highest BCUT2D eigenvalue weighted by molar-refractivity contribution is 6.39. The van der Waals surface area contributed by atoms with Gasteiger partial charge < -0.3 is 10.6 Å². The number of halogens is 2. The Labute approximate surface area is 124 Å². The SMILES string of the molecule is Nc1cc(Cl)c(N2CCC3(CCCC3)CC2)c(Cl)c1. The van der Waals surface area contributed by atoms with Crippen molar-refractivity contribution in [3.8, 4) is 0 Å². The Bertz CT molecular complexity index is 448. The van der Waals surface area contributed by atoms with E-state index in [9.17, 15) is 0 Å². The first-order chi connectivity index (χ1) is 9.10. The number of nitrogen functional groups attached to an aromatic ring is 1. The predicted molar refractivity (Wildman–Crippen MR) is 83.2 cm³/mol. The Morgan fingerprint density at radius 2 is 1.47 bits per heavy atom. The number of piperidine rings is 1. The quantitative estimate of drug-likeness (QED) is 0.759. The molecular formula is C15H20Cl2N2. The molecule has 0 atom stereocenters. The minimum atomic E-state index is 0.614. The van der Waals surface area contributed by atoms with Gasteiger partial charge >= 0.3 is 0 Å². The summed E-state index contributed by atoms with van der Waals surface area (Å²) in [5.74, 6) is 0. The highest BCUT2D eigenvalue weighted by atomic mass is 35.5. The minimum absolute atomic E-state index is 0.614. The standard InChI is InChI=1S/C15H20Cl2N2/c16-12-9-11(18)10-13(17)14(12)19-7-5-15(6-8-19)3-1-2-4-15/h9-10H,1-8,18H2. The summed E-state index contributed by atoms with van der Waals surface area (Å²) in [4.78, 5) is 2.33. The van der Waals surface area contributed by atoms with Crippen LogP contribution in [0.1, 0.15) is 38.5 Å². The molecule has 1 aromatic carbocycles. The first-order valence-electron chi connectivity index (χ1n) is 7.09. The van der Waals surface area contributed by atoms with Crippen molar-refractivity contribution in [1.82, 2.24) is 0 Å². The second-order valence-electron chi connectivity index (χ2n) is 6.03. The largest absolute Gasteiger partial charge is 0.399 e. The topological polar surface area (TPSA) is 29.3 Å². The Morgan fingerprint density at radius 3 is 2.00 bits per heavy atom. The summed E-state index contributed by atoms with van der Waals surface area (Å²) >= 11 is 12.6. The van der Waals surface area contributed by atoms with Gasteiger partial charge in [-0.2, -0.15) is 0 Å². The lowest BCUT2D eigenvalue weighted by atomic mass is 9.77. The van der Waals surface area contributed by atoms with Gasteiger partial charge in [-0.25, -0.2) is 0 Å². The van der Waals surface area contributed by atoms with Crippen molar-refractivity contribution in [3.05, 3.63) is 22.2 Å². The molecule has 0 radical (unpaired) electrons. The molecule has 0 aromatic heterocycles. The van der Waals surface area contributed by atoms with Crippen LogP contribution in [0.15, 0.2) is 12.1 Å². The molecule has 2 aliphatic rings. The molecule has 1 spiro atoms. The molecular weight excluding hydrogens is 279 g/mol. The maximum absolute atomic E-state index is 6.31. The van der Waals surface area contributed by atoms with Gasteiger partial charge in [0.2, 0.25) is 0 Å². The van der Waals surface area contributed by atoms with Crippen LogP contribution in [-0.4, -0.2) is 13.1 Å². The summed E-state index contributed by atoms with van der Waals surface area (Å²) in [5.41, 5.74) is 7.97. The van der Waals surface area contributed by atoms with E-state index in [1.807, 2.05) is 0 Å². The van der Waals surface area contributed by atoms with E-state index in [1.165, 1.54) is 38.5 Å². The highest BCUT2D eigenvalue weighted by Gasteiger charge is 2.37. The maximum atomic E-state index is 6.31. The molecule has 1 saturated heterocycles. The van der Waals surface area contributed by atoms with E-state index in [4.69, 9.17) is 28.9 Å². The molecule has 0 bridgehead atoms. The normalized spacial score (nSPS) is 22.1. The highest BCUT2D eigenvalue weighted by Crippen LogP contribution is 2.48. The van der Waals surface area contributed by atoms with Crippen LogP contribution < -0.4 is 10.6 Å². The first-order valence-corrected chi connectivity index (χ1v) is 7.85. The van der Waals surface area contributed by atoms with Gasteiger partial charge in [-0.15, -0.1) is 0 Å². The Hall–Kier alpha value is -0.600. The van der Waals surface area contributed by atoms with Crippen LogP contribution in [0, 0.1) is 5.41 Å². The van der Waals surface area contributed by atoms with Crippen molar-refractivity contribution in [2.75, 3.05) is 23.7 Å². The van der Waals surface area contributed by atoms with Crippen molar-refractivity contribution in [1.29, 1.82) is 0 Å². The van der Waals surface area contributed by atoms with Gasteiger partial charge in [0.05, 0.1) is 15.7 Å². The van der Waals surface area contributed by atoms with Gasteiger partial charge in [-0.05, 0) is 43.2 Å². The fourth-order valence-corrected chi connectivity index (χ4v) is 4.46. The molecule has 104 valence electrons. The van der Waals surface area contributed by atoms with E-state index in [2.05, 4.69) is 4.90 Å². The second-order valence-corrected chi connectivity index (χ2v) is 6.84. The summed E-state index contributed by atoms with van der Waals surface area (Å²) in [5, 5.41) is 1.35. The van der Waals surface area contributed by atoms with Crippen molar-refractivity contribution < 1.29 is 0 Å².